The van der Waals surface area contributed by atoms with E-state index in [0.717, 1.165) is 11.3 Å². The number of halogens is 1. The number of benzene rings is 2. The first-order valence-corrected chi connectivity index (χ1v) is 7.36. The fraction of sp³-hybridized carbons (Fsp3) is 0.222. The minimum Gasteiger partial charge on any atom is -0.497 e. The van der Waals surface area contributed by atoms with E-state index in [9.17, 15) is 9.18 Å². The van der Waals surface area contributed by atoms with Crippen molar-refractivity contribution in [2.45, 2.75) is 19.4 Å². The van der Waals surface area contributed by atoms with Crippen molar-refractivity contribution in [2.75, 3.05) is 7.11 Å². The highest BCUT2D eigenvalue weighted by Crippen LogP contribution is 2.34. The van der Waals surface area contributed by atoms with Crippen molar-refractivity contribution in [1.29, 1.82) is 0 Å². The molecule has 2 aromatic carbocycles. The minimum absolute atomic E-state index is 0.212. The van der Waals surface area contributed by atoms with E-state index in [1.165, 1.54) is 18.0 Å². The number of hydrogen-bond donors (Lipinski definition) is 0. The van der Waals surface area contributed by atoms with Gasteiger partial charge in [0.25, 0.3) is 0 Å². The third kappa shape index (κ3) is 2.95. The van der Waals surface area contributed by atoms with Crippen molar-refractivity contribution in [3.63, 3.8) is 0 Å². The number of carbonyl (C=O) groups excluding carboxylic acids is 1. The molecule has 0 unspecified atom stereocenters. The largest absolute Gasteiger partial charge is 0.497 e. The van der Waals surface area contributed by atoms with Crippen LogP contribution in [0.5, 0.6) is 5.75 Å². The number of carbonyl (C=O) groups is 1. The molecular formula is C18H17FN2O2. The van der Waals surface area contributed by atoms with Crippen LogP contribution in [0.1, 0.15) is 30.5 Å². The second-order valence-electron chi connectivity index (χ2n) is 5.38. The third-order valence-corrected chi connectivity index (χ3v) is 3.90. The number of methoxy groups -OCH3 is 1. The molecule has 0 aromatic heterocycles. The molecule has 118 valence electrons. The molecule has 0 bridgehead atoms. The Balaban J connectivity index is 1.97. The zero-order valence-corrected chi connectivity index (χ0v) is 13.0. The van der Waals surface area contributed by atoms with Gasteiger partial charge in [-0.15, -0.1) is 0 Å². The van der Waals surface area contributed by atoms with Gasteiger partial charge in [0.15, 0.2) is 0 Å². The maximum atomic E-state index is 14.1. The van der Waals surface area contributed by atoms with E-state index in [-0.39, 0.29) is 11.7 Å². The summed E-state index contributed by atoms with van der Waals surface area (Å²) in [5.74, 6) is 0.177. The van der Waals surface area contributed by atoms with E-state index in [4.69, 9.17) is 4.74 Å². The predicted molar refractivity (Wildman–Crippen MR) is 85.8 cm³/mol. The van der Waals surface area contributed by atoms with Crippen LogP contribution in [0.15, 0.2) is 53.6 Å². The van der Waals surface area contributed by atoms with Gasteiger partial charge in [0, 0.05) is 24.5 Å². The third-order valence-electron chi connectivity index (χ3n) is 3.90. The molecular weight excluding hydrogens is 295 g/mol. The zero-order chi connectivity index (χ0) is 16.4. The minimum atomic E-state index is -0.421. The Hall–Kier alpha value is -2.69. The van der Waals surface area contributed by atoms with Crippen LogP contribution < -0.4 is 4.74 Å². The molecule has 23 heavy (non-hydrogen) atoms. The summed E-state index contributed by atoms with van der Waals surface area (Å²) in [6.07, 6.45) is 0.466. The molecule has 1 amide bonds. The highest BCUT2D eigenvalue weighted by atomic mass is 19.1. The molecule has 0 radical (unpaired) electrons. The van der Waals surface area contributed by atoms with Gasteiger partial charge < -0.3 is 4.74 Å². The molecule has 0 aliphatic carbocycles. The van der Waals surface area contributed by atoms with Crippen molar-refractivity contribution in [2.24, 2.45) is 5.10 Å². The molecule has 1 aliphatic rings. The van der Waals surface area contributed by atoms with Crippen molar-refractivity contribution >= 4 is 11.6 Å². The summed E-state index contributed by atoms with van der Waals surface area (Å²) >= 11 is 0. The van der Waals surface area contributed by atoms with Crippen LogP contribution in [0.4, 0.5) is 4.39 Å². The molecule has 0 saturated heterocycles. The van der Waals surface area contributed by atoms with Gasteiger partial charge in [0.05, 0.1) is 18.9 Å². The summed E-state index contributed by atoms with van der Waals surface area (Å²) in [5, 5.41) is 5.76. The van der Waals surface area contributed by atoms with E-state index in [1.807, 2.05) is 24.3 Å². The van der Waals surface area contributed by atoms with Gasteiger partial charge in [-0.25, -0.2) is 9.40 Å². The van der Waals surface area contributed by atoms with E-state index in [0.29, 0.717) is 17.7 Å². The van der Waals surface area contributed by atoms with E-state index in [1.54, 1.807) is 25.3 Å². The van der Waals surface area contributed by atoms with Crippen molar-refractivity contribution in [3.05, 3.63) is 65.5 Å². The zero-order valence-electron chi connectivity index (χ0n) is 13.0. The smallest absolute Gasteiger partial charge is 0.240 e. The lowest BCUT2D eigenvalue weighted by Crippen LogP contribution is -2.25. The van der Waals surface area contributed by atoms with Crippen LogP contribution in [0, 0.1) is 5.82 Å². The molecule has 1 heterocycles. The monoisotopic (exact) mass is 312 g/mol. The number of amides is 1. The lowest BCUT2D eigenvalue weighted by atomic mass is 9.98. The molecule has 0 N–H and O–H groups in total. The quantitative estimate of drug-likeness (QED) is 0.870. The Morgan fingerprint density at radius 3 is 2.74 bits per heavy atom. The number of hydrazone groups is 1. The molecule has 5 heteroatoms. The number of rotatable bonds is 3. The van der Waals surface area contributed by atoms with Crippen molar-refractivity contribution < 1.29 is 13.9 Å². The van der Waals surface area contributed by atoms with Crippen LogP contribution in [0.3, 0.4) is 0 Å². The molecule has 0 spiro atoms. The highest BCUT2D eigenvalue weighted by molar-refractivity contribution is 6.03. The first-order chi connectivity index (χ1) is 11.1. The Morgan fingerprint density at radius 1 is 1.26 bits per heavy atom. The second kappa shape index (κ2) is 6.20. The number of nitrogens with zero attached hydrogens (tertiary/aromatic N) is 2. The standard InChI is InChI=1S/C18H17FN2O2/c1-12(22)21-18(15-8-3-4-9-16(15)19)11-17(20-21)13-6-5-7-14(10-13)23-2/h3-10,18H,11H2,1-2H3/t18-/m0/s1. The number of ether oxygens (including phenoxy) is 1. The first kappa shape index (κ1) is 15.2. The van der Waals surface area contributed by atoms with Gasteiger partial charge in [-0.05, 0) is 18.2 Å². The summed E-state index contributed by atoms with van der Waals surface area (Å²) < 4.78 is 19.3. The maximum Gasteiger partial charge on any atom is 0.240 e. The molecule has 4 nitrogen and oxygen atoms in total. The normalized spacial score (nSPS) is 17.1. The molecule has 3 rings (SSSR count). The molecule has 0 saturated carbocycles. The Morgan fingerprint density at radius 2 is 2.04 bits per heavy atom. The SMILES string of the molecule is COc1cccc(C2=NN(C(C)=O)[C@H](c3ccccc3F)C2)c1. The van der Waals surface area contributed by atoms with Gasteiger partial charge in [-0.1, -0.05) is 30.3 Å². The molecule has 1 atom stereocenters. The summed E-state index contributed by atoms with van der Waals surface area (Å²) in [5.41, 5.74) is 2.09. The van der Waals surface area contributed by atoms with Gasteiger partial charge in [0.1, 0.15) is 11.6 Å². The van der Waals surface area contributed by atoms with Crippen molar-refractivity contribution in [1.82, 2.24) is 5.01 Å². The summed E-state index contributed by atoms with van der Waals surface area (Å²) in [7, 11) is 1.60. The second-order valence-corrected chi connectivity index (χ2v) is 5.38. The van der Waals surface area contributed by atoms with E-state index >= 15 is 0 Å². The summed E-state index contributed by atoms with van der Waals surface area (Å²) in [6, 6.07) is 13.5. The van der Waals surface area contributed by atoms with Crippen molar-refractivity contribution in [3.8, 4) is 5.75 Å². The molecule has 0 fully saturated rings. The number of hydrogen-bond acceptors (Lipinski definition) is 3. The van der Waals surface area contributed by atoms with Gasteiger partial charge in [0.2, 0.25) is 5.91 Å². The van der Waals surface area contributed by atoms with E-state index in [2.05, 4.69) is 5.10 Å². The van der Waals surface area contributed by atoms with Crippen LogP contribution in [0.2, 0.25) is 0 Å². The highest BCUT2D eigenvalue weighted by Gasteiger charge is 2.32. The average Bonchev–Trinajstić information content (AvgIpc) is 3.01. The lowest BCUT2D eigenvalue weighted by molar-refractivity contribution is -0.130. The molecule has 1 aliphatic heterocycles. The summed E-state index contributed by atoms with van der Waals surface area (Å²) in [6.45, 7) is 1.44. The lowest BCUT2D eigenvalue weighted by Gasteiger charge is -2.20. The fourth-order valence-corrected chi connectivity index (χ4v) is 2.77. The first-order valence-electron chi connectivity index (χ1n) is 7.36. The predicted octanol–water partition coefficient (Wildman–Crippen LogP) is 3.53. The van der Waals surface area contributed by atoms with Crippen LogP contribution in [-0.4, -0.2) is 23.7 Å². The fourth-order valence-electron chi connectivity index (χ4n) is 2.77. The Kier molecular flexibility index (Phi) is 4.10. The molecule has 2 aromatic rings. The average molecular weight is 312 g/mol. The van der Waals surface area contributed by atoms with Gasteiger partial charge in [-0.2, -0.15) is 5.10 Å². The van der Waals surface area contributed by atoms with Crippen LogP contribution in [0.25, 0.3) is 0 Å². The van der Waals surface area contributed by atoms with Crippen LogP contribution in [-0.2, 0) is 4.79 Å². The van der Waals surface area contributed by atoms with E-state index < -0.39 is 6.04 Å². The van der Waals surface area contributed by atoms with Gasteiger partial charge in [-0.3, -0.25) is 4.79 Å². The van der Waals surface area contributed by atoms with Crippen LogP contribution >= 0.6 is 0 Å². The summed E-state index contributed by atoms with van der Waals surface area (Å²) in [4.78, 5) is 11.9. The van der Waals surface area contributed by atoms with Gasteiger partial charge >= 0.3 is 0 Å². The Labute approximate surface area is 134 Å². The Bertz CT molecular complexity index is 773. The topological polar surface area (TPSA) is 41.9 Å². The maximum absolute atomic E-state index is 14.1.